The Morgan fingerprint density at radius 3 is 2.58 bits per heavy atom. The Bertz CT molecular complexity index is 383. The highest BCUT2D eigenvalue weighted by molar-refractivity contribution is 7.13. The molecule has 2 rings (SSSR count). The molecule has 1 aliphatic rings. The molecule has 1 aliphatic carbocycles. The molecule has 0 spiro atoms. The molecular formula is C15H26N2OS. The summed E-state index contributed by atoms with van der Waals surface area (Å²) in [5, 5.41) is 12.7. The number of aliphatic hydroxyl groups is 1. The fourth-order valence-electron chi connectivity index (χ4n) is 2.65. The van der Waals surface area contributed by atoms with Crippen LogP contribution in [-0.2, 0) is 0 Å². The molecule has 0 bridgehead atoms. The molecule has 0 amide bonds. The van der Waals surface area contributed by atoms with E-state index in [1.54, 1.807) is 18.3 Å². The van der Waals surface area contributed by atoms with Gasteiger partial charge in [0, 0.05) is 18.0 Å². The third-order valence-corrected chi connectivity index (χ3v) is 4.79. The number of aromatic nitrogens is 1. The Kier molecular flexibility index (Phi) is 5.22. The van der Waals surface area contributed by atoms with Crippen LogP contribution in [0.5, 0.6) is 0 Å². The van der Waals surface area contributed by atoms with Gasteiger partial charge in [0.25, 0.3) is 0 Å². The van der Waals surface area contributed by atoms with Gasteiger partial charge in [0.05, 0.1) is 11.8 Å². The topological polar surface area (TPSA) is 36.4 Å². The summed E-state index contributed by atoms with van der Waals surface area (Å²) in [7, 11) is 0. The lowest BCUT2D eigenvalue weighted by Crippen LogP contribution is -2.34. The van der Waals surface area contributed by atoms with Crippen molar-refractivity contribution in [2.75, 3.05) is 11.4 Å². The fourth-order valence-corrected chi connectivity index (χ4v) is 3.66. The maximum absolute atomic E-state index is 9.63. The molecule has 108 valence electrons. The third kappa shape index (κ3) is 3.93. The maximum atomic E-state index is 9.63. The minimum absolute atomic E-state index is 0.458. The van der Waals surface area contributed by atoms with Gasteiger partial charge in [0.15, 0.2) is 5.13 Å². The van der Waals surface area contributed by atoms with E-state index in [0.29, 0.717) is 6.04 Å². The molecule has 0 radical (unpaired) electrons. The first-order chi connectivity index (χ1) is 9.08. The predicted molar refractivity (Wildman–Crippen MR) is 81.8 cm³/mol. The van der Waals surface area contributed by atoms with Crippen molar-refractivity contribution in [2.45, 2.75) is 65.0 Å². The Balaban J connectivity index is 2.10. The molecule has 1 atom stereocenters. The molecule has 1 N–H and O–H groups in total. The molecule has 1 aromatic rings. The number of aliphatic hydroxyl groups excluding tert-OH is 1. The molecular weight excluding hydrogens is 256 g/mol. The average Bonchev–Trinajstić information content (AvgIpc) is 2.98. The summed E-state index contributed by atoms with van der Waals surface area (Å²) in [4.78, 5) is 7.12. The van der Waals surface area contributed by atoms with E-state index < -0.39 is 6.10 Å². The van der Waals surface area contributed by atoms with Gasteiger partial charge in [-0.3, -0.25) is 0 Å². The zero-order valence-corrected chi connectivity index (χ0v) is 13.1. The van der Waals surface area contributed by atoms with Gasteiger partial charge in [-0.05, 0) is 32.1 Å². The van der Waals surface area contributed by atoms with Crippen LogP contribution in [0.4, 0.5) is 5.13 Å². The van der Waals surface area contributed by atoms with Crippen LogP contribution in [0.25, 0.3) is 0 Å². The summed E-state index contributed by atoms with van der Waals surface area (Å²) in [6, 6.07) is 0.659. The van der Waals surface area contributed by atoms with E-state index in [1.807, 2.05) is 5.38 Å². The van der Waals surface area contributed by atoms with Gasteiger partial charge in [-0.1, -0.05) is 26.7 Å². The van der Waals surface area contributed by atoms with Gasteiger partial charge < -0.3 is 10.0 Å². The van der Waals surface area contributed by atoms with Gasteiger partial charge >= 0.3 is 0 Å². The van der Waals surface area contributed by atoms with E-state index in [-0.39, 0.29) is 0 Å². The number of hydrogen-bond donors (Lipinski definition) is 1. The standard InChI is InChI=1S/C15H26N2OS/c1-11(2)8-9-17(13-6-4-5-7-13)15-16-14(10-19-15)12(3)18/h10-13,18H,4-9H2,1-3H3. The molecule has 3 nitrogen and oxygen atoms in total. The molecule has 0 aromatic carbocycles. The zero-order valence-electron chi connectivity index (χ0n) is 12.3. The van der Waals surface area contributed by atoms with Gasteiger partial charge in [0.2, 0.25) is 0 Å². The first-order valence-electron chi connectivity index (χ1n) is 7.48. The van der Waals surface area contributed by atoms with Gasteiger partial charge in [-0.15, -0.1) is 11.3 Å². The molecule has 1 heterocycles. The van der Waals surface area contributed by atoms with E-state index in [9.17, 15) is 5.11 Å². The first-order valence-corrected chi connectivity index (χ1v) is 8.36. The lowest BCUT2D eigenvalue weighted by molar-refractivity contribution is 0.195. The van der Waals surface area contributed by atoms with Crippen LogP contribution in [0.15, 0.2) is 5.38 Å². The summed E-state index contributed by atoms with van der Waals surface area (Å²) in [6.07, 6.45) is 6.03. The molecule has 4 heteroatoms. The number of nitrogens with zero attached hydrogens (tertiary/aromatic N) is 2. The first kappa shape index (κ1) is 14.8. The Morgan fingerprint density at radius 1 is 1.37 bits per heavy atom. The molecule has 1 unspecified atom stereocenters. The van der Waals surface area contributed by atoms with Crippen molar-refractivity contribution in [2.24, 2.45) is 5.92 Å². The minimum Gasteiger partial charge on any atom is -0.387 e. The Morgan fingerprint density at radius 2 is 2.05 bits per heavy atom. The van der Waals surface area contributed by atoms with Crippen LogP contribution >= 0.6 is 11.3 Å². The van der Waals surface area contributed by atoms with Crippen molar-refractivity contribution in [1.29, 1.82) is 0 Å². The Hall–Kier alpha value is -0.610. The maximum Gasteiger partial charge on any atom is 0.185 e. The van der Waals surface area contributed by atoms with Crippen molar-refractivity contribution in [3.8, 4) is 0 Å². The fraction of sp³-hybridized carbons (Fsp3) is 0.800. The summed E-state index contributed by atoms with van der Waals surface area (Å²) >= 11 is 1.68. The van der Waals surface area contributed by atoms with E-state index >= 15 is 0 Å². The van der Waals surface area contributed by atoms with Crippen LogP contribution < -0.4 is 4.90 Å². The Labute approximate surface area is 120 Å². The van der Waals surface area contributed by atoms with E-state index in [0.717, 1.165) is 23.3 Å². The van der Waals surface area contributed by atoms with E-state index in [4.69, 9.17) is 0 Å². The van der Waals surface area contributed by atoms with Crippen LogP contribution in [0.3, 0.4) is 0 Å². The molecule has 1 fully saturated rings. The largest absolute Gasteiger partial charge is 0.387 e. The van der Waals surface area contributed by atoms with Crippen molar-refractivity contribution in [1.82, 2.24) is 4.98 Å². The van der Waals surface area contributed by atoms with Gasteiger partial charge in [0.1, 0.15) is 0 Å². The lowest BCUT2D eigenvalue weighted by atomic mass is 10.1. The molecule has 1 saturated carbocycles. The molecule has 1 aromatic heterocycles. The average molecular weight is 282 g/mol. The second-order valence-corrected chi connectivity index (χ2v) is 6.88. The van der Waals surface area contributed by atoms with Crippen molar-refractivity contribution >= 4 is 16.5 Å². The number of anilines is 1. The van der Waals surface area contributed by atoms with Crippen molar-refractivity contribution < 1.29 is 5.11 Å². The molecule has 19 heavy (non-hydrogen) atoms. The van der Waals surface area contributed by atoms with Gasteiger partial charge in [-0.2, -0.15) is 0 Å². The highest BCUT2D eigenvalue weighted by atomic mass is 32.1. The van der Waals surface area contributed by atoms with E-state index in [1.165, 1.54) is 32.1 Å². The van der Waals surface area contributed by atoms with Crippen molar-refractivity contribution in [3.63, 3.8) is 0 Å². The number of thiazole rings is 1. The van der Waals surface area contributed by atoms with Crippen LogP contribution in [0, 0.1) is 5.92 Å². The normalized spacial score (nSPS) is 18.2. The van der Waals surface area contributed by atoms with Crippen LogP contribution in [0.1, 0.15) is 64.7 Å². The number of rotatable bonds is 6. The third-order valence-electron chi connectivity index (χ3n) is 3.90. The lowest BCUT2D eigenvalue weighted by Gasteiger charge is -2.29. The summed E-state index contributed by atoms with van der Waals surface area (Å²) in [5.41, 5.74) is 0.813. The minimum atomic E-state index is -0.458. The monoisotopic (exact) mass is 282 g/mol. The summed E-state index contributed by atoms with van der Waals surface area (Å²) in [6.45, 7) is 7.42. The quantitative estimate of drug-likeness (QED) is 0.857. The van der Waals surface area contributed by atoms with E-state index in [2.05, 4.69) is 23.7 Å². The summed E-state index contributed by atoms with van der Waals surface area (Å²) in [5.74, 6) is 0.722. The SMILES string of the molecule is CC(C)CCN(c1nc(C(C)O)cs1)C1CCCC1. The van der Waals surface area contributed by atoms with Crippen molar-refractivity contribution in [3.05, 3.63) is 11.1 Å². The zero-order chi connectivity index (χ0) is 13.8. The smallest absolute Gasteiger partial charge is 0.185 e. The molecule has 0 aliphatic heterocycles. The second kappa shape index (κ2) is 6.71. The predicted octanol–water partition coefficient (Wildman–Crippen LogP) is 3.99. The second-order valence-electron chi connectivity index (χ2n) is 6.05. The van der Waals surface area contributed by atoms with Gasteiger partial charge in [-0.25, -0.2) is 4.98 Å². The highest BCUT2D eigenvalue weighted by Gasteiger charge is 2.25. The molecule has 0 saturated heterocycles. The number of hydrogen-bond acceptors (Lipinski definition) is 4. The van der Waals surface area contributed by atoms with Crippen LogP contribution in [-0.4, -0.2) is 22.7 Å². The van der Waals surface area contributed by atoms with Crippen LogP contribution in [0.2, 0.25) is 0 Å². The summed E-state index contributed by atoms with van der Waals surface area (Å²) < 4.78 is 0. The highest BCUT2D eigenvalue weighted by Crippen LogP contribution is 2.32.